The van der Waals surface area contributed by atoms with Gasteiger partial charge < -0.3 is 4.43 Å². The smallest absolute Gasteiger partial charge is 0.192 e. The Morgan fingerprint density at radius 2 is 1.77 bits per heavy atom. The number of fused-ring (bicyclic) bond motifs is 5. The molecule has 0 aromatic rings. The van der Waals surface area contributed by atoms with Crippen LogP contribution in [0.2, 0.25) is 18.1 Å². The highest BCUT2D eigenvalue weighted by Crippen LogP contribution is 2.67. The summed E-state index contributed by atoms with van der Waals surface area (Å²) in [6.45, 7) is 24.2. The third-order valence-corrected chi connectivity index (χ3v) is 16.4. The van der Waals surface area contributed by atoms with Crippen molar-refractivity contribution in [3.63, 3.8) is 0 Å². The highest BCUT2D eigenvalue weighted by molar-refractivity contribution is 6.74. The lowest BCUT2D eigenvalue weighted by molar-refractivity contribution is -0.0532. The van der Waals surface area contributed by atoms with E-state index in [0.717, 1.165) is 23.7 Å². The molecule has 2 heteroatoms. The molecule has 3 fully saturated rings. The Morgan fingerprint density at radius 3 is 2.43 bits per heavy atom. The molecule has 198 valence electrons. The summed E-state index contributed by atoms with van der Waals surface area (Å²) in [6.07, 6.45) is 21.2. The molecular formula is C33H56OSi. The molecule has 0 heterocycles. The largest absolute Gasteiger partial charge is 0.414 e. The second-order valence-electron chi connectivity index (χ2n) is 15.2. The fourth-order valence-electron chi connectivity index (χ4n) is 8.78. The van der Waals surface area contributed by atoms with Gasteiger partial charge in [-0.05, 0) is 124 Å². The van der Waals surface area contributed by atoms with Gasteiger partial charge in [-0.3, -0.25) is 0 Å². The van der Waals surface area contributed by atoms with Crippen LogP contribution < -0.4 is 0 Å². The standard InChI is InChI=1S/C33H56OSi/c1-23(2)12-11-13-24(3)28-16-17-29-27-15-14-25-22-26(34-35(9,10)31(4,5)6)18-20-32(25,7)30(27)19-21-33(28,29)8/h11-14,24,26-30H,15-22H2,1-10H3/b13-11-/t24-,26+,27+,28-,29+,30?,32+,33-/m1/s1. The summed E-state index contributed by atoms with van der Waals surface area (Å²) in [5.74, 6) is 4.25. The Bertz CT molecular complexity index is 868. The first-order valence-corrected chi connectivity index (χ1v) is 17.8. The number of hydrogen-bond acceptors (Lipinski definition) is 1. The van der Waals surface area contributed by atoms with E-state index < -0.39 is 8.32 Å². The van der Waals surface area contributed by atoms with Crippen LogP contribution in [0.25, 0.3) is 0 Å². The predicted molar refractivity (Wildman–Crippen MR) is 155 cm³/mol. The molecular weight excluding hydrogens is 440 g/mol. The second-order valence-corrected chi connectivity index (χ2v) is 20.0. The average molecular weight is 497 g/mol. The van der Waals surface area contributed by atoms with Crippen molar-refractivity contribution in [3.05, 3.63) is 35.5 Å². The van der Waals surface area contributed by atoms with Crippen molar-refractivity contribution in [2.45, 2.75) is 131 Å². The molecule has 0 aliphatic heterocycles. The van der Waals surface area contributed by atoms with E-state index in [1.165, 1.54) is 56.9 Å². The maximum absolute atomic E-state index is 6.93. The quantitative estimate of drug-likeness (QED) is 0.209. The number of rotatable bonds is 5. The maximum atomic E-state index is 6.93. The molecule has 1 unspecified atom stereocenters. The minimum Gasteiger partial charge on any atom is -0.414 e. The zero-order chi connectivity index (χ0) is 25.8. The summed E-state index contributed by atoms with van der Waals surface area (Å²) < 4.78 is 6.93. The van der Waals surface area contributed by atoms with Gasteiger partial charge in [0.15, 0.2) is 8.32 Å². The monoisotopic (exact) mass is 496 g/mol. The number of hydrogen-bond donors (Lipinski definition) is 0. The summed E-state index contributed by atoms with van der Waals surface area (Å²) in [6, 6.07) is 0. The van der Waals surface area contributed by atoms with Crippen LogP contribution in [0.1, 0.15) is 107 Å². The summed E-state index contributed by atoms with van der Waals surface area (Å²) in [4.78, 5) is 0. The molecule has 4 rings (SSSR count). The van der Waals surface area contributed by atoms with Crippen LogP contribution in [0.4, 0.5) is 0 Å². The van der Waals surface area contributed by atoms with E-state index in [1.807, 2.05) is 0 Å². The molecule has 0 saturated heterocycles. The Hall–Kier alpha value is -0.603. The third-order valence-electron chi connectivity index (χ3n) is 11.9. The van der Waals surface area contributed by atoms with Crippen LogP contribution in [0.5, 0.6) is 0 Å². The van der Waals surface area contributed by atoms with Crippen molar-refractivity contribution in [1.29, 1.82) is 0 Å². The van der Waals surface area contributed by atoms with Crippen LogP contribution in [-0.4, -0.2) is 14.4 Å². The average Bonchev–Trinajstić information content (AvgIpc) is 3.10. The second kappa shape index (κ2) is 9.61. The van der Waals surface area contributed by atoms with Crippen molar-refractivity contribution in [3.8, 4) is 0 Å². The first-order chi connectivity index (χ1) is 16.2. The van der Waals surface area contributed by atoms with E-state index in [0.29, 0.717) is 27.9 Å². The van der Waals surface area contributed by atoms with E-state index >= 15 is 0 Å². The van der Waals surface area contributed by atoms with Crippen LogP contribution >= 0.6 is 0 Å². The maximum Gasteiger partial charge on any atom is 0.192 e. The molecule has 1 nitrogen and oxygen atoms in total. The van der Waals surface area contributed by atoms with Gasteiger partial charge >= 0.3 is 0 Å². The van der Waals surface area contributed by atoms with Crippen molar-refractivity contribution >= 4 is 8.32 Å². The summed E-state index contributed by atoms with van der Waals surface area (Å²) in [7, 11) is -1.71. The molecule has 8 atom stereocenters. The van der Waals surface area contributed by atoms with Crippen LogP contribution in [-0.2, 0) is 4.43 Å². The Kier molecular flexibility index (Phi) is 7.53. The van der Waals surface area contributed by atoms with Gasteiger partial charge in [-0.25, -0.2) is 0 Å². The highest BCUT2D eigenvalue weighted by atomic mass is 28.4. The lowest BCUT2D eigenvalue weighted by atomic mass is 9.47. The molecule has 0 bridgehead atoms. The molecule has 0 amide bonds. The van der Waals surface area contributed by atoms with Gasteiger partial charge in [-0.1, -0.05) is 77.0 Å². The zero-order valence-electron chi connectivity index (χ0n) is 24.8. The van der Waals surface area contributed by atoms with Crippen LogP contribution in [0, 0.1) is 40.4 Å². The minimum atomic E-state index is -1.71. The number of allylic oxidation sites excluding steroid dienone is 5. The van der Waals surface area contributed by atoms with Gasteiger partial charge in [0, 0.05) is 6.10 Å². The molecule has 0 radical (unpaired) electrons. The van der Waals surface area contributed by atoms with Crippen molar-refractivity contribution in [2.75, 3.05) is 0 Å². The van der Waals surface area contributed by atoms with Gasteiger partial charge in [-0.15, -0.1) is 0 Å². The van der Waals surface area contributed by atoms with E-state index in [-0.39, 0.29) is 0 Å². The summed E-state index contributed by atoms with van der Waals surface area (Å²) >= 11 is 0. The van der Waals surface area contributed by atoms with Gasteiger partial charge in [0.1, 0.15) is 0 Å². The van der Waals surface area contributed by atoms with Crippen molar-refractivity contribution < 1.29 is 4.43 Å². The molecule has 35 heavy (non-hydrogen) atoms. The van der Waals surface area contributed by atoms with E-state index in [2.05, 4.69) is 92.8 Å². The molecule has 4 aliphatic carbocycles. The Labute approximate surface area is 219 Å². The molecule has 0 aromatic carbocycles. The third kappa shape index (κ3) is 4.97. The van der Waals surface area contributed by atoms with Gasteiger partial charge in [0.2, 0.25) is 0 Å². The molecule has 0 spiro atoms. The van der Waals surface area contributed by atoms with Gasteiger partial charge in [-0.2, -0.15) is 0 Å². The molecule has 3 saturated carbocycles. The van der Waals surface area contributed by atoms with E-state index in [4.69, 9.17) is 4.43 Å². The Morgan fingerprint density at radius 1 is 1.06 bits per heavy atom. The van der Waals surface area contributed by atoms with E-state index in [9.17, 15) is 0 Å². The fraction of sp³-hybridized carbons (Fsp3) is 0.818. The van der Waals surface area contributed by atoms with Crippen molar-refractivity contribution in [1.82, 2.24) is 0 Å². The minimum absolute atomic E-state index is 0.296. The normalized spacial score (nSPS) is 40.5. The lowest BCUT2D eigenvalue weighted by Crippen LogP contribution is -2.52. The van der Waals surface area contributed by atoms with E-state index in [1.54, 1.807) is 5.57 Å². The predicted octanol–water partition coefficient (Wildman–Crippen LogP) is 10.1. The SMILES string of the molecule is CC(C)=C/C=C\[C@@H](C)[C@H]1CC[C@H]2[C@@H]3CC=C4C[C@@H](O[Si](C)(C)C(C)(C)C)CC[C@]4(C)C3CC[C@]12C. The molecule has 0 N–H and O–H groups in total. The molecule has 4 aliphatic rings. The van der Waals surface area contributed by atoms with Gasteiger partial charge in [0.25, 0.3) is 0 Å². The van der Waals surface area contributed by atoms with Gasteiger partial charge in [0.05, 0.1) is 0 Å². The van der Waals surface area contributed by atoms with Crippen molar-refractivity contribution in [2.24, 2.45) is 40.4 Å². The fourth-order valence-corrected chi connectivity index (χ4v) is 10.2. The first kappa shape index (κ1) is 27.4. The topological polar surface area (TPSA) is 9.23 Å². The Balaban J connectivity index is 1.49. The highest BCUT2D eigenvalue weighted by Gasteiger charge is 2.59. The first-order valence-electron chi connectivity index (χ1n) is 14.9. The summed E-state index contributed by atoms with van der Waals surface area (Å²) in [5.41, 5.74) is 4.11. The molecule has 0 aromatic heterocycles. The zero-order valence-corrected chi connectivity index (χ0v) is 25.8. The van der Waals surface area contributed by atoms with Crippen LogP contribution in [0.3, 0.4) is 0 Å². The summed E-state index contributed by atoms with van der Waals surface area (Å²) in [5, 5.41) is 0.296. The lowest BCUT2D eigenvalue weighted by Gasteiger charge is -2.59. The van der Waals surface area contributed by atoms with Crippen LogP contribution in [0.15, 0.2) is 35.5 Å².